The highest BCUT2D eigenvalue weighted by Crippen LogP contribution is 2.35. The van der Waals surface area contributed by atoms with Crippen LogP contribution in [-0.2, 0) is 19.2 Å². The zero-order chi connectivity index (χ0) is 28.4. The molecule has 4 amide bonds. The number of hydrogen-bond donors (Lipinski definition) is 2. The monoisotopic (exact) mass is 549 g/mol. The van der Waals surface area contributed by atoms with Gasteiger partial charge in [-0.2, -0.15) is 0 Å². The molecule has 40 heavy (non-hydrogen) atoms. The largest absolute Gasteiger partial charge is 0.480 e. The topological polar surface area (TPSA) is 140 Å². The first-order valence-corrected chi connectivity index (χ1v) is 14.0. The summed E-state index contributed by atoms with van der Waals surface area (Å²) in [7, 11) is 0. The molecular weight excluding hydrogens is 514 g/mol. The van der Waals surface area contributed by atoms with Crippen LogP contribution in [0, 0.1) is 18.8 Å². The third-order valence-corrected chi connectivity index (χ3v) is 8.42. The van der Waals surface area contributed by atoms with Crippen LogP contribution in [0.3, 0.4) is 0 Å². The zero-order valence-corrected chi connectivity index (χ0v) is 22.7. The lowest BCUT2D eigenvalue weighted by molar-refractivity contribution is -0.167. The Bertz CT molecular complexity index is 1260. The number of carbonyl (C=O) groups excluding carboxylic acids is 4. The van der Waals surface area contributed by atoms with Gasteiger partial charge >= 0.3 is 12.0 Å². The van der Waals surface area contributed by atoms with Crippen molar-refractivity contribution in [1.82, 2.24) is 20.0 Å². The van der Waals surface area contributed by atoms with Gasteiger partial charge in [-0.3, -0.25) is 19.4 Å². The van der Waals surface area contributed by atoms with Crippen LogP contribution >= 0.6 is 0 Å². The van der Waals surface area contributed by atoms with Gasteiger partial charge in [-0.1, -0.05) is 29.8 Å². The van der Waals surface area contributed by atoms with Gasteiger partial charge in [0.15, 0.2) is 6.04 Å². The number of Topliss-reactive ketones (excluding diaryl/α,β-unsaturated/α-hetero) is 1. The minimum Gasteiger partial charge on any atom is -0.480 e. The molecule has 11 heteroatoms. The van der Waals surface area contributed by atoms with Crippen molar-refractivity contribution in [2.45, 2.75) is 45.1 Å². The van der Waals surface area contributed by atoms with Gasteiger partial charge in [0.05, 0.1) is 11.6 Å². The molecule has 0 aliphatic carbocycles. The summed E-state index contributed by atoms with van der Waals surface area (Å²) in [5.74, 6) is -2.29. The Kier molecular flexibility index (Phi) is 8.11. The maximum atomic E-state index is 13.1. The second-order valence-electron chi connectivity index (χ2n) is 11.0. The van der Waals surface area contributed by atoms with Crippen molar-refractivity contribution in [2.75, 3.05) is 39.3 Å². The maximum Gasteiger partial charge on any atom is 0.327 e. The minimum atomic E-state index is -1.16. The first kappa shape index (κ1) is 27.7. The Balaban J connectivity index is 1.09. The molecule has 212 valence electrons. The van der Waals surface area contributed by atoms with E-state index in [4.69, 9.17) is 0 Å². The van der Waals surface area contributed by atoms with E-state index in [1.807, 2.05) is 31.2 Å². The number of carboxylic acids is 1. The predicted octanol–water partition coefficient (Wildman–Crippen LogP) is 1.71. The van der Waals surface area contributed by atoms with Crippen molar-refractivity contribution in [3.8, 4) is 0 Å². The number of likely N-dealkylation sites (tertiary alicyclic amines) is 1. The molecule has 0 radical (unpaired) electrons. The number of urea groups is 1. The van der Waals surface area contributed by atoms with Gasteiger partial charge in [0, 0.05) is 50.8 Å². The fourth-order valence-electron chi connectivity index (χ4n) is 5.97. The summed E-state index contributed by atoms with van der Waals surface area (Å²) in [6.07, 6.45) is 4.17. The normalized spacial score (nSPS) is 23.6. The molecule has 4 aliphatic heterocycles. The van der Waals surface area contributed by atoms with Gasteiger partial charge in [-0.25, -0.2) is 14.5 Å². The van der Waals surface area contributed by atoms with Crippen molar-refractivity contribution in [1.29, 1.82) is 0 Å². The summed E-state index contributed by atoms with van der Waals surface area (Å²) in [6, 6.07) is 5.88. The lowest BCUT2D eigenvalue weighted by Gasteiger charge is -2.47. The Labute approximate surface area is 232 Å². The number of imide groups is 1. The molecule has 0 saturated carbocycles. The number of carbonyl (C=O) groups is 5. The van der Waals surface area contributed by atoms with E-state index in [1.165, 1.54) is 4.90 Å². The number of amides is 4. The molecule has 0 unspecified atom stereocenters. The number of carboxylic acid groups (broad SMARTS) is 1. The lowest BCUT2D eigenvalue weighted by atomic mass is 9.78. The molecule has 11 nitrogen and oxygen atoms in total. The van der Waals surface area contributed by atoms with Gasteiger partial charge in [0.25, 0.3) is 0 Å². The van der Waals surface area contributed by atoms with Crippen LogP contribution in [0.5, 0.6) is 0 Å². The van der Waals surface area contributed by atoms with Crippen LogP contribution in [0.15, 0.2) is 35.5 Å². The number of aliphatic carboxylic acids is 1. The van der Waals surface area contributed by atoms with E-state index in [1.54, 1.807) is 11.1 Å². The third-order valence-electron chi connectivity index (χ3n) is 8.42. The minimum absolute atomic E-state index is 0.123. The SMILES string of the molecule is Cc1ccc(C2=CN=C(CCC(=O)N3CCN(C(=O)N4C(=O)[C@H](CC5CCNCC5)[C@H]4C(=O)O)CC3)C2=O)cc1. The summed E-state index contributed by atoms with van der Waals surface area (Å²) < 4.78 is 0. The van der Waals surface area contributed by atoms with E-state index in [0.717, 1.165) is 42.0 Å². The summed E-state index contributed by atoms with van der Waals surface area (Å²) in [5, 5.41) is 13.0. The molecular formula is C29H35N5O6. The maximum absolute atomic E-state index is 13.1. The van der Waals surface area contributed by atoms with E-state index >= 15 is 0 Å². The van der Waals surface area contributed by atoms with E-state index in [2.05, 4.69) is 10.3 Å². The summed E-state index contributed by atoms with van der Waals surface area (Å²) >= 11 is 0. The Hall–Kier alpha value is -3.86. The number of aliphatic imine (C=N–C) groups is 1. The Morgan fingerprint density at radius 1 is 1.00 bits per heavy atom. The molecule has 0 bridgehead atoms. The molecule has 4 heterocycles. The fourth-order valence-corrected chi connectivity index (χ4v) is 5.97. The third kappa shape index (κ3) is 5.56. The standard InChI is InChI=1S/C29H35N5O6/c1-18-2-4-20(5-3-18)22-17-31-23(26(22)36)6-7-24(35)32-12-14-33(15-13-32)29(40)34-25(28(38)39)21(27(34)37)16-19-8-10-30-11-9-19/h2-5,17,19,21,25,30H,6-16H2,1H3,(H,38,39)/t21-,25+/m1/s1. The number of β-lactam (4-membered cyclic amide) rings is 1. The van der Waals surface area contributed by atoms with Crippen molar-refractivity contribution in [3.05, 3.63) is 41.6 Å². The molecule has 2 N–H and O–H groups in total. The van der Waals surface area contributed by atoms with Crippen molar-refractivity contribution < 1.29 is 29.1 Å². The highest BCUT2D eigenvalue weighted by Gasteiger charge is 2.56. The number of piperazine rings is 1. The van der Waals surface area contributed by atoms with E-state index < -0.39 is 29.9 Å². The number of allylic oxidation sites excluding steroid dienone is 1. The number of ketones is 1. The molecule has 5 rings (SSSR count). The van der Waals surface area contributed by atoms with Crippen LogP contribution in [0.2, 0.25) is 0 Å². The van der Waals surface area contributed by atoms with Gasteiger partial charge in [-0.15, -0.1) is 0 Å². The highest BCUT2D eigenvalue weighted by atomic mass is 16.4. The number of aryl methyl sites for hydroxylation is 1. The van der Waals surface area contributed by atoms with Crippen LogP contribution in [0.4, 0.5) is 4.79 Å². The summed E-state index contributed by atoms with van der Waals surface area (Å²) in [5.41, 5.74) is 2.77. The average molecular weight is 550 g/mol. The summed E-state index contributed by atoms with van der Waals surface area (Å²) in [4.78, 5) is 71.8. The van der Waals surface area contributed by atoms with Crippen LogP contribution in [0.25, 0.3) is 5.57 Å². The molecule has 4 aliphatic rings. The molecule has 3 fully saturated rings. The second kappa shape index (κ2) is 11.7. The zero-order valence-electron chi connectivity index (χ0n) is 22.7. The van der Waals surface area contributed by atoms with Crippen LogP contribution in [-0.4, -0.2) is 100 Å². The number of nitrogens with one attached hydrogen (secondary N) is 1. The Morgan fingerprint density at radius 3 is 2.30 bits per heavy atom. The van der Waals surface area contributed by atoms with E-state index in [-0.39, 0.29) is 56.6 Å². The van der Waals surface area contributed by atoms with E-state index in [9.17, 15) is 29.1 Å². The quantitative estimate of drug-likeness (QED) is 0.494. The predicted molar refractivity (Wildman–Crippen MR) is 146 cm³/mol. The molecule has 0 spiro atoms. The lowest BCUT2D eigenvalue weighted by Crippen LogP contribution is -2.69. The molecule has 1 aromatic carbocycles. The van der Waals surface area contributed by atoms with Crippen LogP contribution in [0.1, 0.15) is 43.2 Å². The smallest absolute Gasteiger partial charge is 0.327 e. The van der Waals surface area contributed by atoms with Gasteiger partial charge in [-0.05, 0) is 50.8 Å². The van der Waals surface area contributed by atoms with Gasteiger partial charge in [0.1, 0.15) is 0 Å². The average Bonchev–Trinajstić information content (AvgIpc) is 3.33. The number of piperidine rings is 1. The number of rotatable bonds is 7. The van der Waals surface area contributed by atoms with Gasteiger partial charge < -0.3 is 20.2 Å². The first-order valence-electron chi connectivity index (χ1n) is 14.0. The fraction of sp³-hybridized carbons (Fsp3) is 0.517. The molecule has 0 aromatic heterocycles. The highest BCUT2D eigenvalue weighted by molar-refractivity contribution is 6.57. The Morgan fingerprint density at radius 2 is 1.65 bits per heavy atom. The van der Waals surface area contributed by atoms with Gasteiger partial charge in [0.2, 0.25) is 17.6 Å². The van der Waals surface area contributed by atoms with Crippen LogP contribution < -0.4 is 5.32 Å². The summed E-state index contributed by atoms with van der Waals surface area (Å²) in [6.45, 7) is 4.64. The number of benzene rings is 1. The number of hydrogen-bond acceptors (Lipinski definition) is 7. The van der Waals surface area contributed by atoms with Crippen molar-refractivity contribution >= 4 is 40.9 Å². The van der Waals surface area contributed by atoms with E-state index in [0.29, 0.717) is 17.7 Å². The number of nitrogens with zero attached hydrogens (tertiary/aromatic N) is 4. The second-order valence-corrected chi connectivity index (χ2v) is 11.0. The molecule has 3 saturated heterocycles. The molecule has 1 aromatic rings. The van der Waals surface area contributed by atoms with Crippen molar-refractivity contribution in [3.63, 3.8) is 0 Å². The molecule has 2 atom stereocenters. The first-order chi connectivity index (χ1) is 19.2. The van der Waals surface area contributed by atoms with Crippen molar-refractivity contribution in [2.24, 2.45) is 16.8 Å².